The van der Waals surface area contributed by atoms with Crippen molar-refractivity contribution < 1.29 is 0 Å². The molecule has 1 nitrogen and oxygen atoms in total. The molecule has 2 atom stereocenters. The molecule has 0 amide bonds. The van der Waals surface area contributed by atoms with Crippen molar-refractivity contribution in [2.75, 3.05) is 13.1 Å². The molecule has 0 aromatic carbocycles. The van der Waals surface area contributed by atoms with E-state index in [9.17, 15) is 0 Å². The molecule has 13 heavy (non-hydrogen) atoms. The number of rotatable bonds is 4. The van der Waals surface area contributed by atoms with Crippen molar-refractivity contribution in [3.05, 3.63) is 0 Å². The van der Waals surface area contributed by atoms with Gasteiger partial charge in [-0.15, -0.1) is 12.3 Å². The lowest BCUT2D eigenvalue weighted by molar-refractivity contribution is 0.275. The minimum Gasteiger partial charge on any atom is -0.316 e. The van der Waals surface area contributed by atoms with Crippen LogP contribution in [0, 0.1) is 24.2 Å². The molecule has 2 unspecified atom stereocenters. The van der Waals surface area contributed by atoms with Gasteiger partial charge >= 0.3 is 0 Å². The largest absolute Gasteiger partial charge is 0.316 e. The third-order valence-electron chi connectivity index (χ3n) is 2.92. The lowest BCUT2D eigenvalue weighted by atomic mass is 9.82. The van der Waals surface area contributed by atoms with Gasteiger partial charge in [-0.2, -0.15) is 0 Å². The molecule has 0 aromatic rings. The maximum atomic E-state index is 5.18. The highest BCUT2D eigenvalue weighted by Crippen LogP contribution is 2.27. The van der Waals surface area contributed by atoms with Crippen LogP contribution in [0.1, 0.15) is 39.0 Å². The van der Waals surface area contributed by atoms with Gasteiger partial charge in [-0.3, -0.25) is 0 Å². The Morgan fingerprint density at radius 3 is 3.00 bits per heavy atom. The van der Waals surface area contributed by atoms with E-state index in [1.807, 2.05) is 0 Å². The summed E-state index contributed by atoms with van der Waals surface area (Å²) in [4.78, 5) is 0. The van der Waals surface area contributed by atoms with Crippen LogP contribution in [0.3, 0.4) is 0 Å². The van der Waals surface area contributed by atoms with Crippen molar-refractivity contribution in [2.45, 2.75) is 39.0 Å². The van der Waals surface area contributed by atoms with Gasteiger partial charge in [0.15, 0.2) is 0 Å². The van der Waals surface area contributed by atoms with Crippen molar-refractivity contribution in [3.8, 4) is 12.3 Å². The Labute approximate surface area is 82.3 Å². The first-order valence-electron chi connectivity index (χ1n) is 5.47. The van der Waals surface area contributed by atoms with Crippen molar-refractivity contribution in [3.63, 3.8) is 0 Å². The van der Waals surface area contributed by atoms with E-state index >= 15 is 0 Å². The fourth-order valence-electron chi connectivity index (χ4n) is 2.21. The monoisotopic (exact) mass is 179 g/mol. The second-order valence-corrected chi connectivity index (χ2v) is 4.30. The van der Waals surface area contributed by atoms with Gasteiger partial charge in [0.2, 0.25) is 0 Å². The van der Waals surface area contributed by atoms with E-state index in [1.54, 1.807) is 0 Å². The molecule has 0 radical (unpaired) electrons. The summed E-state index contributed by atoms with van der Waals surface area (Å²) in [7, 11) is 0. The predicted molar refractivity (Wildman–Crippen MR) is 57.4 cm³/mol. The Morgan fingerprint density at radius 1 is 1.46 bits per heavy atom. The highest BCUT2D eigenvalue weighted by molar-refractivity contribution is 4.84. The summed E-state index contributed by atoms with van der Waals surface area (Å²) in [5.41, 5.74) is 0. The van der Waals surface area contributed by atoms with Crippen molar-refractivity contribution in [2.24, 2.45) is 11.8 Å². The van der Waals surface area contributed by atoms with Crippen molar-refractivity contribution in [1.29, 1.82) is 0 Å². The molecule has 0 heterocycles. The van der Waals surface area contributed by atoms with Crippen LogP contribution in [0.5, 0.6) is 0 Å². The first-order valence-corrected chi connectivity index (χ1v) is 5.47. The smallest absolute Gasteiger partial charge is 0.0211 e. The van der Waals surface area contributed by atoms with Crippen LogP contribution in [0.2, 0.25) is 0 Å². The minimum absolute atomic E-state index is 0.863. The molecule has 1 aliphatic rings. The maximum Gasteiger partial charge on any atom is 0.0211 e. The quantitative estimate of drug-likeness (QED) is 0.516. The Bertz CT molecular complexity index is 168. The standard InChI is InChI=1S/C12H21N/c1-3-4-8-13-10-12-7-5-6-11(2)9-12/h1,11-13H,4-10H2,2H3. The minimum atomic E-state index is 0.863. The van der Waals surface area contributed by atoms with Crippen LogP contribution < -0.4 is 5.32 Å². The molecule has 0 bridgehead atoms. The zero-order valence-corrected chi connectivity index (χ0v) is 8.68. The van der Waals surface area contributed by atoms with Gasteiger partial charge in [-0.05, 0) is 31.2 Å². The summed E-state index contributed by atoms with van der Waals surface area (Å²) in [5, 5.41) is 3.43. The molecule has 1 saturated carbocycles. The van der Waals surface area contributed by atoms with E-state index in [1.165, 1.54) is 32.2 Å². The Kier molecular flexibility index (Phi) is 4.93. The lowest BCUT2D eigenvalue weighted by Crippen LogP contribution is -2.27. The third-order valence-corrected chi connectivity index (χ3v) is 2.92. The molecule has 1 heteroatoms. The van der Waals surface area contributed by atoms with E-state index in [4.69, 9.17) is 6.42 Å². The lowest BCUT2D eigenvalue weighted by Gasteiger charge is -2.26. The molecule has 0 saturated heterocycles. The fourth-order valence-corrected chi connectivity index (χ4v) is 2.21. The molecular formula is C12H21N. The van der Waals surface area contributed by atoms with E-state index in [0.717, 1.165) is 24.8 Å². The van der Waals surface area contributed by atoms with Crippen LogP contribution in [0.25, 0.3) is 0 Å². The van der Waals surface area contributed by atoms with Crippen LogP contribution in [0.4, 0.5) is 0 Å². The van der Waals surface area contributed by atoms with Gasteiger partial charge in [0, 0.05) is 13.0 Å². The molecule has 0 spiro atoms. The summed E-state index contributed by atoms with van der Waals surface area (Å²) in [6.07, 6.45) is 11.7. The number of hydrogen-bond donors (Lipinski definition) is 1. The third kappa shape index (κ3) is 4.33. The summed E-state index contributed by atoms with van der Waals surface area (Å²) in [5.74, 6) is 4.49. The molecule has 74 valence electrons. The Balaban J connectivity index is 2.04. The van der Waals surface area contributed by atoms with Gasteiger partial charge in [0.25, 0.3) is 0 Å². The van der Waals surface area contributed by atoms with Crippen LogP contribution in [-0.4, -0.2) is 13.1 Å². The zero-order valence-electron chi connectivity index (χ0n) is 8.68. The van der Waals surface area contributed by atoms with Gasteiger partial charge in [-0.25, -0.2) is 0 Å². The van der Waals surface area contributed by atoms with Crippen molar-refractivity contribution in [1.82, 2.24) is 5.32 Å². The molecule has 1 fully saturated rings. The predicted octanol–water partition coefficient (Wildman–Crippen LogP) is 2.43. The van der Waals surface area contributed by atoms with Gasteiger partial charge in [0.05, 0.1) is 0 Å². The Morgan fingerprint density at radius 2 is 2.31 bits per heavy atom. The van der Waals surface area contributed by atoms with Crippen molar-refractivity contribution >= 4 is 0 Å². The highest BCUT2D eigenvalue weighted by Gasteiger charge is 2.17. The number of nitrogens with one attached hydrogen (secondary N) is 1. The van der Waals surface area contributed by atoms with Crippen LogP contribution in [-0.2, 0) is 0 Å². The molecule has 0 aromatic heterocycles. The fraction of sp³-hybridized carbons (Fsp3) is 0.833. The van der Waals surface area contributed by atoms with Crippen LogP contribution in [0.15, 0.2) is 0 Å². The molecular weight excluding hydrogens is 158 g/mol. The summed E-state index contributed by atoms with van der Waals surface area (Å²) in [6, 6.07) is 0. The van der Waals surface area contributed by atoms with Gasteiger partial charge in [0.1, 0.15) is 0 Å². The zero-order chi connectivity index (χ0) is 9.52. The first-order chi connectivity index (χ1) is 6.33. The summed E-state index contributed by atoms with van der Waals surface area (Å²) in [6.45, 7) is 4.53. The SMILES string of the molecule is C#CCCNCC1CCCC(C)C1. The topological polar surface area (TPSA) is 12.0 Å². The van der Waals surface area contributed by atoms with E-state index < -0.39 is 0 Å². The molecule has 1 N–H and O–H groups in total. The van der Waals surface area contributed by atoms with E-state index in [-0.39, 0.29) is 0 Å². The van der Waals surface area contributed by atoms with Crippen LogP contribution >= 0.6 is 0 Å². The number of hydrogen-bond acceptors (Lipinski definition) is 1. The average Bonchev–Trinajstić information content (AvgIpc) is 2.13. The number of terminal acetylenes is 1. The molecule has 0 aliphatic heterocycles. The first kappa shape index (κ1) is 10.6. The highest BCUT2D eigenvalue weighted by atomic mass is 14.8. The Hall–Kier alpha value is -0.480. The normalized spacial score (nSPS) is 28.3. The van der Waals surface area contributed by atoms with E-state index in [0.29, 0.717) is 0 Å². The summed E-state index contributed by atoms with van der Waals surface area (Å²) < 4.78 is 0. The maximum absolute atomic E-state index is 5.18. The second-order valence-electron chi connectivity index (χ2n) is 4.30. The summed E-state index contributed by atoms with van der Waals surface area (Å²) >= 11 is 0. The van der Waals surface area contributed by atoms with E-state index in [2.05, 4.69) is 18.2 Å². The second kappa shape index (κ2) is 6.05. The van der Waals surface area contributed by atoms with Gasteiger partial charge in [-0.1, -0.05) is 19.8 Å². The molecule has 1 aliphatic carbocycles. The van der Waals surface area contributed by atoms with Gasteiger partial charge < -0.3 is 5.32 Å². The molecule has 1 rings (SSSR count). The average molecular weight is 179 g/mol.